The van der Waals surface area contributed by atoms with Gasteiger partial charge in [0, 0.05) is 11.8 Å². The van der Waals surface area contributed by atoms with Crippen LogP contribution in [0.3, 0.4) is 0 Å². The summed E-state index contributed by atoms with van der Waals surface area (Å²) in [7, 11) is 0. The van der Waals surface area contributed by atoms with Gasteiger partial charge in [0.05, 0.1) is 0 Å². The van der Waals surface area contributed by atoms with Gasteiger partial charge in [-0.05, 0) is 85.4 Å². The summed E-state index contributed by atoms with van der Waals surface area (Å²) >= 11 is 0. The van der Waals surface area contributed by atoms with Gasteiger partial charge in [-0.1, -0.05) is 53.9 Å². The van der Waals surface area contributed by atoms with Crippen LogP contribution in [-0.2, 0) is 0 Å². The highest BCUT2D eigenvalue weighted by Crippen LogP contribution is 2.71. The van der Waals surface area contributed by atoms with E-state index in [1.807, 2.05) is 0 Å². The summed E-state index contributed by atoms with van der Waals surface area (Å²) in [6.07, 6.45) is 9.30. The molecule has 6 N–H and O–H groups in total. The molecule has 0 spiro atoms. The first kappa shape index (κ1) is 25.8. The first-order valence-electron chi connectivity index (χ1n) is 13.5. The van der Waals surface area contributed by atoms with E-state index >= 15 is 0 Å². The number of hydrogen-bond donors (Lipinski definition) is 6. The lowest BCUT2D eigenvalue weighted by Crippen LogP contribution is -2.81. The van der Waals surface area contributed by atoms with Crippen LogP contribution in [0, 0.1) is 52.3 Å². The van der Waals surface area contributed by atoms with Gasteiger partial charge in [-0.3, -0.25) is 0 Å². The lowest BCUT2D eigenvalue weighted by molar-refractivity contribution is -0.511. The molecule has 0 bridgehead atoms. The zero-order valence-corrected chi connectivity index (χ0v) is 21.3. The number of hydrogen-bond acceptors (Lipinski definition) is 6. The van der Waals surface area contributed by atoms with Crippen molar-refractivity contribution in [1.82, 2.24) is 0 Å². The third kappa shape index (κ3) is 3.49. The quantitative estimate of drug-likeness (QED) is 0.344. The van der Waals surface area contributed by atoms with E-state index in [1.165, 1.54) is 25.7 Å². The van der Waals surface area contributed by atoms with E-state index in [1.54, 1.807) is 6.92 Å². The summed E-state index contributed by atoms with van der Waals surface area (Å²) in [4.78, 5) is 0. The maximum absolute atomic E-state index is 11.2. The Labute approximate surface area is 199 Å². The van der Waals surface area contributed by atoms with Gasteiger partial charge in [-0.2, -0.15) is 0 Å². The van der Waals surface area contributed by atoms with Crippen molar-refractivity contribution in [1.29, 1.82) is 0 Å². The number of rotatable bonds is 5. The second kappa shape index (κ2) is 8.14. The lowest BCUT2D eigenvalue weighted by Gasteiger charge is -2.67. The molecule has 0 aromatic rings. The number of aliphatic hydroxyl groups is 6. The Morgan fingerprint density at radius 2 is 1.42 bits per heavy atom. The Kier molecular flexibility index (Phi) is 6.37. The molecule has 0 aromatic carbocycles. The Hall–Kier alpha value is -0.240. The van der Waals surface area contributed by atoms with Gasteiger partial charge in [0.2, 0.25) is 11.6 Å². The fourth-order valence-corrected chi connectivity index (χ4v) is 9.45. The smallest absolute Gasteiger partial charge is 0.274 e. The summed E-state index contributed by atoms with van der Waals surface area (Å²) in [5.41, 5.74) is -0.978. The molecule has 6 heteroatoms. The maximum atomic E-state index is 11.2. The Morgan fingerprint density at radius 3 is 2.06 bits per heavy atom. The average Bonchev–Trinajstić information content (AvgIpc) is 3.05. The SMILES string of the molecule is CC(C)CCC[C@@H](C)[C@H]1CC[C@H]2[C@@H]3CC[C@@H]4CC(O)(O)C(O)(O)C(O)(O)[C@]4(C)[C@H]3CC[C@]12C. The third-order valence-electron chi connectivity index (χ3n) is 11.4. The molecule has 4 fully saturated rings. The molecule has 4 aliphatic rings. The van der Waals surface area contributed by atoms with Crippen LogP contribution in [-0.4, -0.2) is 48.0 Å². The highest BCUT2D eigenvalue weighted by molar-refractivity contribution is 5.18. The Balaban J connectivity index is 1.58. The van der Waals surface area contributed by atoms with Gasteiger partial charge >= 0.3 is 0 Å². The van der Waals surface area contributed by atoms with Crippen LogP contribution < -0.4 is 0 Å². The molecular formula is C27H48O6. The van der Waals surface area contributed by atoms with Crippen molar-refractivity contribution in [2.45, 2.75) is 116 Å². The van der Waals surface area contributed by atoms with Crippen LogP contribution in [0.2, 0.25) is 0 Å². The van der Waals surface area contributed by atoms with Crippen molar-refractivity contribution >= 4 is 0 Å². The second-order valence-corrected chi connectivity index (χ2v) is 13.3. The molecule has 0 heterocycles. The third-order valence-corrected chi connectivity index (χ3v) is 11.4. The van der Waals surface area contributed by atoms with E-state index in [0.29, 0.717) is 24.2 Å². The van der Waals surface area contributed by atoms with E-state index in [4.69, 9.17) is 0 Å². The largest absolute Gasteiger partial charge is 0.361 e. The van der Waals surface area contributed by atoms with Gasteiger partial charge in [0.15, 0.2) is 0 Å². The number of fused-ring (bicyclic) bond motifs is 5. The summed E-state index contributed by atoms with van der Waals surface area (Å²) in [5.74, 6) is -6.98. The van der Waals surface area contributed by atoms with E-state index in [-0.39, 0.29) is 23.7 Å². The fraction of sp³-hybridized carbons (Fsp3) is 1.00. The standard InChI is InChI=1S/C27H48O6/c1-16(2)7-6-8-17(3)20-11-12-21-19-10-9-18-15-25(28,29)27(32,33)26(30,31)24(18,5)22(19)13-14-23(20,21)4/h16-22,28-33H,6-15H2,1-5H3/t17-,18-,19+,20-,21+,22+,23-,24+/m1/s1. The predicted molar refractivity (Wildman–Crippen MR) is 125 cm³/mol. The topological polar surface area (TPSA) is 121 Å². The Bertz CT molecular complexity index is 732. The van der Waals surface area contributed by atoms with Crippen molar-refractivity contribution in [2.24, 2.45) is 52.3 Å². The van der Waals surface area contributed by atoms with Gasteiger partial charge < -0.3 is 30.6 Å². The highest BCUT2D eigenvalue weighted by Gasteiger charge is 2.78. The van der Waals surface area contributed by atoms with Gasteiger partial charge in [-0.15, -0.1) is 0 Å². The van der Waals surface area contributed by atoms with E-state index in [9.17, 15) is 30.6 Å². The van der Waals surface area contributed by atoms with Crippen molar-refractivity contribution in [3.63, 3.8) is 0 Å². The van der Waals surface area contributed by atoms with Crippen LogP contribution >= 0.6 is 0 Å². The van der Waals surface area contributed by atoms with Crippen LogP contribution in [0.4, 0.5) is 0 Å². The molecule has 192 valence electrons. The van der Waals surface area contributed by atoms with Crippen LogP contribution in [0.25, 0.3) is 0 Å². The minimum absolute atomic E-state index is 0.0888. The summed E-state index contributed by atoms with van der Waals surface area (Å²) < 4.78 is 0. The average molecular weight is 469 g/mol. The molecule has 4 rings (SSSR count). The molecular weight excluding hydrogens is 420 g/mol. The molecule has 6 nitrogen and oxygen atoms in total. The molecule has 0 unspecified atom stereocenters. The van der Waals surface area contributed by atoms with Crippen molar-refractivity contribution in [3.05, 3.63) is 0 Å². The van der Waals surface area contributed by atoms with E-state index < -0.39 is 28.7 Å². The zero-order chi connectivity index (χ0) is 24.6. The summed E-state index contributed by atoms with van der Waals surface area (Å²) in [6.45, 7) is 11.2. The molecule has 0 amide bonds. The van der Waals surface area contributed by atoms with Crippen molar-refractivity contribution in [3.8, 4) is 0 Å². The molecule has 0 aromatic heterocycles. The second-order valence-electron chi connectivity index (χ2n) is 13.3. The van der Waals surface area contributed by atoms with E-state index in [0.717, 1.165) is 31.6 Å². The molecule has 4 aliphatic carbocycles. The van der Waals surface area contributed by atoms with Crippen LogP contribution in [0.1, 0.15) is 98.8 Å². The minimum Gasteiger partial charge on any atom is -0.361 e. The molecule has 33 heavy (non-hydrogen) atoms. The normalized spacial score (nSPS) is 46.4. The van der Waals surface area contributed by atoms with Gasteiger partial charge in [0.25, 0.3) is 5.79 Å². The fourth-order valence-electron chi connectivity index (χ4n) is 9.45. The van der Waals surface area contributed by atoms with E-state index in [2.05, 4.69) is 27.7 Å². The molecule has 0 saturated heterocycles. The van der Waals surface area contributed by atoms with Crippen molar-refractivity contribution < 1.29 is 30.6 Å². The van der Waals surface area contributed by atoms with Gasteiger partial charge in [-0.25, -0.2) is 0 Å². The summed E-state index contributed by atoms with van der Waals surface area (Å²) in [6, 6.07) is 0. The zero-order valence-electron chi connectivity index (χ0n) is 21.3. The van der Waals surface area contributed by atoms with Crippen molar-refractivity contribution in [2.75, 3.05) is 0 Å². The molecule has 8 atom stereocenters. The Morgan fingerprint density at radius 1 is 0.758 bits per heavy atom. The van der Waals surface area contributed by atoms with Crippen LogP contribution in [0.5, 0.6) is 0 Å². The first-order chi connectivity index (χ1) is 15.1. The maximum Gasteiger partial charge on any atom is 0.274 e. The minimum atomic E-state index is -3.41. The van der Waals surface area contributed by atoms with Gasteiger partial charge in [0.1, 0.15) is 0 Å². The first-order valence-corrected chi connectivity index (χ1v) is 13.5. The molecule has 4 saturated carbocycles. The molecule has 0 aliphatic heterocycles. The van der Waals surface area contributed by atoms with Crippen LogP contribution in [0.15, 0.2) is 0 Å². The monoisotopic (exact) mass is 468 g/mol. The predicted octanol–water partition coefficient (Wildman–Crippen LogP) is 3.37. The molecule has 0 radical (unpaired) electrons. The lowest BCUT2D eigenvalue weighted by atomic mass is 9.42. The highest BCUT2D eigenvalue weighted by atomic mass is 16.7. The summed E-state index contributed by atoms with van der Waals surface area (Å²) in [5, 5.41) is 64.0.